The first-order chi connectivity index (χ1) is 8.50. The molecule has 0 radical (unpaired) electrons. The van der Waals surface area contributed by atoms with Crippen molar-refractivity contribution in [3.05, 3.63) is 12.2 Å². The number of piperazine rings is 1. The summed E-state index contributed by atoms with van der Waals surface area (Å²) in [7, 11) is 1.77. The van der Waals surface area contributed by atoms with Gasteiger partial charge < -0.3 is 10.2 Å². The number of amides is 2. The number of hydrogen-bond donors (Lipinski definition) is 1. The van der Waals surface area contributed by atoms with E-state index in [1.807, 2.05) is 13.8 Å². The van der Waals surface area contributed by atoms with Gasteiger partial charge in [0.25, 0.3) is 0 Å². The zero-order valence-corrected chi connectivity index (χ0v) is 10.8. The largest absolute Gasteiger partial charge is 0.345 e. The van der Waals surface area contributed by atoms with Crippen molar-refractivity contribution >= 4 is 11.8 Å². The molecule has 1 aromatic rings. The molecule has 0 saturated carbocycles. The third-order valence-electron chi connectivity index (χ3n) is 3.09. The first-order valence-corrected chi connectivity index (χ1v) is 5.90. The predicted molar refractivity (Wildman–Crippen MR) is 63.2 cm³/mol. The fourth-order valence-corrected chi connectivity index (χ4v) is 2.13. The summed E-state index contributed by atoms with van der Waals surface area (Å²) in [5, 5.41) is 6.58. The minimum atomic E-state index is -0.442. The number of hydrogen-bond acceptors (Lipinski definition) is 4. The van der Waals surface area contributed by atoms with E-state index in [1.54, 1.807) is 16.6 Å². The van der Waals surface area contributed by atoms with Crippen LogP contribution in [0.5, 0.6) is 0 Å². The summed E-state index contributed by atoms with van der Waals surface area (Å²) in [5.74, 6) is 0.536. The van der Waals surface area contributed by atoms with Crippen molar-refractivity contribution in [2.24, 2.45) is 13.0 Å². The lowest BCUT2D eigenvalue weighted by molar-refractivity contribution is -0.148. The highest BCUT2D eigenvalue weighted by molar-refractivity contribution is 5.94. The van der Waals surface area contributed by atoms with Gasteiger partial charge in [0.2, 0.25) is 11.8 Å². The number of nitrogens with one attached hydrogen (secondary N) is 1. The second kappa shape index (κ2) is 4.75. The summed E-state index contributed by atoms with van der Waals surface area (Å²) in [5.41, 5.74) is 0. The highest BCUT2D eigenvalue weighted by Gasteiger charge is 2.36. The van der Waals surface area contributed by atoms with Crippen LogP contribution in [0.2, 0.25) is 0 Å². The molecule has 7 nitrogen and oxygen atoms in total. The molecule has 1 atom stereocenters. The first kappa shape index (κ1) is 12.5. The van der Waals surface area contributed by atoms with Gasteiger partial charge in [-0.05, 0) is 5.92 Å². The monoisotopic (exact) mass is 251 g/mol. The molecule has 0 bridgehead atoms. The van der Waals surface area contributed by atoms with Crippen LogP contribution >= 0.6 is 0 Å². The summed E-state index contributed by atoms with van der Waals surface area (Å²) in [6.45, 7) is 4.21. The van der Waals surface area contributed by atoms with Gasteiger partial charge in [-0.2, -0.15) is 5.10 Å². The Morgan fingerprint density at radius 3 is 2.78 bits per heavy atom. The predicted octanol–water partition coefficient (Wildman–Crippen LogP) is -0.702. The highest BCUT2D eigenvalue weighted by Crippen LogP contribution is 2.17. The molecule has 1 fully saturated rings. The van der Waals surface area contributed by atoms with Crippen molar-refractivity contribution in [1.29, 1.82) is 0 Å². The Morgan fingerprint density at radius 1 is 1.50 bits per heavy atom. The second-order valence-corrected chi connectivity index (χ2v) is 4.73. The van der Waals surface area contributed by atoms with Gasteiger partial charge in [0, 0.05) is 7.05 Å². The SMILES string of the molecule is CC(C)C1C(=O)NCC(=O)N1Cc1ncnn1C. The van der Waals surface area contributed by atoms with E-state index >= 15 is 0 Å². The van der Waals surface area contributed by atoms with E-state index in [0.717, 1.165) is 0 Å². The van der Waals surface area contributed by atoms with Crippen LogP contribution in [0.15, 0.2) is 6.33 Å². The van der Waals surface area contributed by atoms with Gasteiger partial charge in [0.1, 0.15) is 18.2 Å². The molecule has 1 saturated heterocycles. The van der Waals surface area contributed by atoms with Crippen molar-refractivity contribution in [2.45, 2.75) is 26.4 Å². The van der Waals surface area contributed by atoms with Crippen LogP contribution in [-0.2, 0) is 23.2 Å². The molecule has 1 aliphatic heterocycles. The summed E-state index contributed by atoms with van der Waals surface area (Å²) in [6, 6.07) is -0.442. The van der Waals surface area contributed by atoms with Gasteiger partial charge in [-0.15, -0.1) is 0 Å². The molecular weight excluding hydrogens is 234 g/mol. The van der Waals surface area contributed by atoms with Crippen molar-refractivity contribution in [3.63, 3.8) is 0 Å². The van der Waals surface area contributed by atoms with Crippen molar-refractivity contribution < 1.29 is 9.59 Å². The van der Waals surface area contributed by atoms with E-state index in [0.29, 0.717) is 12.4 Å². The van der Waals surface area contributed by atoms with Crippen LogP contribution in [0.4, 0.5) is 0 Å². The summed E-state index contributed by atoms with van der Waals surface area (Å²) in [4.78, 5) is 29.5. The van der Waals surface area contributed by atoms with Crippen LogP contribution in [0.25, 0.3) is 0 Å². The normalized spacial score (nSPS) is 20.4. The van der Waals surface area contributed by atoms with Crippen LogP contribution in [0, 0.1) is 5.92 Å². The Labute approximate surface area is 105 Å². The van der Waals surface area contributed by atoms with Crippen molar-refractivity contribution in [3.8, 4) is 0 Å². The number of nitrogens with zero attached hydrogens (tertiary/aromatic N) is 4. The maximum atomic E-state index is 11.9. The van der Waals surface area contributed by atoms with E-state index in [-0.39, 0.29) is 24.3 Å². The average Bonchev–Trinajstić information content (AvgIpc) is 2.69. The maximum absolute atomic E-state index is 11.9. The number of carbonyl (C=O) groups is 2. The lowest BCUT2D eigenvalue weighted by Gasteiger charge is -2.36. The standard InChI is InChI=1S/C11H17N5O2/c1-7(2)10-11(18)12-4-9(17)16(10)5-8-13-6-14-15(8)3/h6-7,10H,4-5H2,1-3H3,(H,12,18). The van der Waals surface area contributed by atoms with Gasteiger partial charge in [-0.25, -0.2) is 4.98 Å². The van der Waals surface area contributed by atoms with Crippen molar-refractivity contribution in [2.75, 3.05) is 6.54 Å². The van der Waals surface area contributed by atoms with Gasteiger partial charge in [0.05, 0.1) is 13.1 Å². The van der Waals surface area contributed by atoms with Gasteiger partial charge in [-0.1, -0.05) is 13.8 Å². The van der Waals surface area contributed by atoms with Crippen LogP contribution in [0.3, 0.4) is 0 Å². The van der Waals surface area contributed by atoms with Crippen LogP contribution in [-0.4, -0.2) is 44.1 Å². The Hall–Kier alpha value is -1.92. The maximum Gasteiger partial charge on any atom is 0.243 e. The van der Waals surface area contributed by atoms with Gasteiger partial charge >= 0.3 is 0 Å². The van der Waals surface area contributed by atoms with Crippen LogP contribution < -0.4 is 5.32 Å². The third-order valence-corrected chi connectivity index (χ3v) is 3.09. The lowest BCUT2D eigenvalue weighted by atomic mass is 9.99. The molecule has 0 aliphatic carbocycles. The van der Waals surface area contributed by atoms with Crippen LogP contribution in [0.1, 0.15) is 19.7 Å². The van der Waals surface area contributed by atoms with E-state index in [1.165, 1.54) is 6.33 Å². The number of aromatic nitrogens is 3. The molecule has 0 spiro atoms. The summed E-state index contributed by atoms with van der Waals surface area (Å²) >= 11 is 0. The van der Waals surface area contributed by atoms with E-state index in [2.05, 4.69) is 15.4 Å². The average molecular weight is 251 g/mol. The molecule has 1 N–H and O–H groups in total. The number of rotatable bonds is 3. The minimum Gasteiger partial charge on any atom is -0.345 e. The quantitative estimate of drug-likeness (QED) is 0.770. The molecule has 98 valence electrons. The smallest absolute Gasteiger partial charge is 0.243 e. The Morgan fingerprint density at radius 2 is 2.22 bits per heavy atom. The van der Waals surface area contributed by atoms with E-state index < -0.39 is 6.04 Å². The topological polar surface area (TPSA) is 80.1 Å². The number of carbonyl (C=O) groups excluding carboxylic acids is 2. The van der Waals surface area contributed by atoms with Crippen molar-refractivity contribution in [1.82, 2.24) is 25.0 Å². The molecule has 1 aromatic heterocycles. The molecule has 2 heterocycles. The minimum absolute atomic E-state index is 0.0555. The van der Waals surface area contributed by atoms with Gasteiger partial charge in [0.15, 0.2) is 0 Å². The zero-order chi connectivity index (χ0) is 13.3. The molecule has 1 unspecified atom stereocenters. The third kappa shape index (κ3) is 2.20. The van der Waals surface area contributed by atoms with E-state index in [9.17, 15) is 9.59 Å². The fraction of sp³-hybridized carbons (Fsp3) is 0.636. The first-order valence-electron chi connectivity index (χ1n) is 5.90. The Kier molecular flexibility index (Phi) is 3.31. The molecule has 18 heavy (non-hydrogen) atoms. The fourth-order valence-electron chi connectivity index (χ4n) is 2.13. The second-order valence-electron chi connectivity index (χ2n) is 4.73. The number of aryl methyl sites for hydroxylation is 1. The highest BCUT2D eigenvalue weighted by atomic mass is 16.2. The molecule has 1 aliphatic rings. The summed E-state index contributed by atoms with van der Waals surface area (Å²) in [6.07, 6.45) is 1.44. The van der Waals surface area contributed by atoms with E-state index in [4.69, 9.17) is 0 Å². The Balaban J connectivity index is 2.23. The molecular formula is C11H17N5O2. The molecule has 2 rings (SSSR count). The lowest BCUT2D eigenvalue weighted by Crippen LogP contribution is -2.59. The molecule has 2 amide bonds. The molecule has 7 heteroatoms. The molecule has 0 aromatic carbocycles. The Bertz CT molecular complexity index is 468. The van der Waals surface area contributed by atoms with Gasteiger partial charge in [-0.3, -0.25) is 14.3 Å². The summed E-state index contributed by atoms with van der Waals surface area (Å²) < 4.78 is 1.61. The zero-order valence-electron chi connectivity index (χ0n) is 10.8.